The molecule has 0 radical (unpaired) electrons. The number of rotatable bonds is 4. The van der Waals surface area contributed by atoms with Crippen molar-refractivity contribution in [1.29, 1.82) is 0 Å². The SMILES string of the molecule is CC.CC.CC(=O)N1CCN(c2ccc(NC(=O)Cc3cnc(Cl)c(Cl)c3)nc2)CC1. The fourth-order valence-electron chi connectivity index (χ4n) is 2.86. The first-order chi connectivity index (χ1) is 14.9. The van der Waals surface area contributed by atoms with Gasteiger partial charge in [0.05, 0.1) is 23.3 Å². The first kappa shape index (κ1) is 26.7. The number of carbonyl (C=O) groups excluding carboxylic acids is 2. The highest BCUT2D eigenvalue weighted by Crippen LogP contribution is 2.20. The van der Waals surface area contributed by atoms with Gasteiger partial charge in [0.2, 0.25) is 11.8 Å². The number of anilines is 2. The molecule has 0 bridgehead atoms. The van der Waals surface area contributed by atoms with Crippen molar-refractivity contribution in [2.45, 2.75) is 41.0 Å². The third kappa shape index (κ3) is 8.34. The molecule has 3 rings (SSSR count). The van der Waals surface area contributed by atoms with Crippen LogP contribution in [0.2, 0.25) is 10.2 Å². The van der Waals surface area contributed by atoms with Crippen LogP contribution in [0.1, 0.15) is 40.2 Å². The van der Waals surface area contributed by atoms with Gasteiger partial charge < -0.3 is 15.1 Å². The van der Waals surface area contributed by atoms with E-state index in [1.165, 1.54) is 6.20 Å². The number of hydrogen-bond donors (Lipinski definition) is 1. The van der Waals surface area contributed by atoms with E-state index >= 15 is 0 Å². The summed E-state index contributed by atoms with van der Waals surface area (Å²) < 4.78 is 0. The maximum Gasteiger partial charge on any atom is 0.230 e. The molecule has 1 aliphatic rings. The van der Waals surface area contributed by atoms with Crippen LogP contribution in [0.25, 0.3) is 0 Å². The van der Waals surface area contributed by atoms with Crippen LogP contribution in [-0.4, -0.2) is 52.9 Å². The zero-order valence-electron chi connectivity index (χ0n) is 18.8. The average molecular weight is 468 g/mol. The van der Waals surface area contributed by atoms with Gasteiger partial charge in [-0.05, 0) is 23.8 Å². The molecule has 31 heavy (non-hydrogen) atoms. The monoisotopic (exact) mass is 467 g/mol. The summed E-state index contributed by atoms with van der Waals surface area (Å²) in [4.78, 5) is 35.8. The number of aromatic nitrogens is 2. The summed E-state index contributed by atoms with van der Waals surface area (Å²) in [7, 11) is 0. The van der Waals surface area contributed by atoms with Crippen LogP contribution in [0.15, 0.2) is 30.6 Å². The Hall–Kier alpha value is -2.38. The van der Waals surface area contributed by atoms with Crippen molar-refractivity contribution in [3.63, 3.8) is 0 Å². The Labute approximate surface area is 194 Å². The number of nitrogens with one attached hydrogen (secondary N) is 1. The van der Waals surface area contributed by atoms with Crippen molar-refractivity contribution < 1.29 is 9.59 Å². The van der Waals surface area contributed by atoms with Gasteiger partial charge in [0.25, 0.3) is 0 Å². The Morgan fingerprint density at radius 3 is 2.16 bits per heavy atom. The van der Waals surface area contributed by atoms with Gasteiger partial charge in [-0.1, -0.05) is 50.9 Å². The lowest BCUT2D eigenvalue weighted by atomic mass is 10.2. The number of amides is 2. The predicted molar refractivity (Wildman–Crippen MR) is 128 cm³/mol. The Morgan fingerprint density at radius 2 is 1.65 bits per heavy atom. The second kappa shape index (κ2) is 13.8. The van der Waals surface area contributed by atoms with Crippen LogP contribution in [0.4, 0.5) is 11.5 Å². The van der Waals surface area contributed by atoms with Crippen molar-refractivity contribution in [1.82, 2.24) is 14.9 Å². The van der Waals surface area contributed by atoms with Crippen LogP contribution >= 0.6 is 23.2 Å². The van der Waals surface area contributed by atoms with E-state index < -0.39 is 0 Å². The first-order valence-electron chi connectivity index (χ1n) is 10.5. The van der Waals surface area contributed by atoms with Crippen LogP contribution < -0.4 is 10.2 Å². The number of piperazine rings is 1. The summed E-state index contributed by atoms with van der Waals surface area (Å²) in [5.41, 5.74) is 1.63. The van der Waals surface area contributed by atoms with Crippen molar-refractivity contribution in [2.75, 3.05) is 36.4 Å². The Kier molecular flexibility index (Phi) is 11.9. The molecule has 0 spiro atoms. The van der Waals surface area contributed by atoms with E-state index in [0.29, 0.717) is 29.5 Å². The van der Waals surface area contributed by atoms with E-state index in [-0.39, 0.29) is 23.4 Å². The number of pyridine rings is 2. The minimum Gasteiger partial charge on any atom is -0.367 e. The van der Waals surface area contributed by atoms with Crippen LogP contribution in [-0.2, 0) is 16.0 Å². The van der Waals surface area contributed by atoms with E-state index in [1.807, 2.05) is 38.7 Å². The number of nitrogens with zero attached hydrogens (tertiary/aromatic N) is 4. The van der Waals surface area contributed by atoms with Gasteiger partial charge >= 0.3 is 0 Å². The normalized spacial score (nSPS) is 12.7. The standard InChI is InChI=1S/C18H19Cl2N5O2.2C2H6/c1-12(26)24-4-6-25(7-5-24)14-2-3-16(21-11-14)23-17(27)9-13-8-15(19)18(20)22-10-13;2*1-2/h2-3,8,10-11H,4-7,9H2,1H3,(H,21,23,27);2*1-2H3. The average Bonchev–Trinajstić information content (AvgIpc) is 2.79. The largest absolute Gasteiger partial charge is 0.367 e. The molecule has 2 aromatic rings. The van der Waals surface area contributed by atoms with Gasteiger partial charge in [-0.15, -0.1) is 0 Å². The lowest BCUT2D eigenvalue weighted by molar-refractivity contribution is -0.129. The maximum absolute atomic E-state index is 12.2. The number of halogens is 2. The third-order valence-electron chi connectivity index (χ3n) is 4.32. The second-order valence-electron chi connectivity index (χ2n) is 6.24. The third-order valence-corrected chi connectivity index (χ3v) is 5.01. The fraction of sp³-hybridized carbons (Fsp3) is 0.455. The molecule has 1 aliphatic heterocycles. The zero-order valence-corrected chi connectivity index (χ0v) is 20.3. The highest BCUT2D eigenvalue weighted by atomic mass is 35.5. The summed E-state index contributed by atoms with van der Waals surface area (Å²) in [6.07, 6.45) is 3.37. The van der Waals surface area contributed by atoms with Crippen molar-refractivity contribution in [2.24, 2.45) is 0 Å². The second-order valence-corrected chi connectivity index (χ2v) is 7.00. The number of carbonyl (C=O) groups is 2. The molecule has 1 fully saturated rings. The maximum atomic E-state index is 12.2. The highest BCUT2D eigenvalue weighted by molar-refractivity contribution is 6.41. The quantitative estimate of drug-likeness (QED) is 0.659. The van der Waals surface area contributed by atoms with Gasteiger partial charge in [-0.2, -0.15) is 0 Å². The lowest BCUT2D eigenvalue weighted by Crippen LogP contribution is -2.48. The molecular weight excluding hydrogens is 437 g/mol. The van der Waals surface area contributed by atoms with E-state index in [2.05, 4.69) is 20.2 Å². The van der Waals surface area contributed by atoms with Gasteiger partial charge in [-0.25, -0.2) is 9.97 Å². The summed E-state index contributed by atoms with van der Waals surface area (Å²) in [5, 5.41) is 3.28. The smallest absolute Gasteiger partial charge is 0.230 e. The summed E-state index contributed by atoms with van der Waals surface area (Å²) in [6, 6.07) is 5.29. The van der Waals surface area contributed by atoms with E-state index in [1.54, 1.807) is 25.3 Å². The topological polar surface area (TPSA) is 78.4 Å². The summed E-state index contributed by atoms with van der Waals surface area (Å²) in [6.45, 7) is 12.5. The van der Waals surface area contributed by atoms with E-state index in [9.17, 15) is 9.59 Å². The Balaban J connectivity index is 0.00000113. The molecule has 0 unspecified atom stereocenters. The van der Waals surface area contributed by atoms with Crippen molar-refractivity contribution >= 4 is 46.5 Å². The van der Waals surface area contributed by atoms with Crippen LogP contribution in [0.3, 0.4) is 0 Å². The molecule has 2 aromatic heterocycles. The molecule has 0 atom stereocenters. The fourth-order valence-corrected chi connectivity index (χ4v) is 3.15. The van der Waals surface area contributed by atoms with E-state index in [0.717, 1.165) is 18.8 Å². The van der Waals surface area contributed by atoms with Gasteiger partial charge in [0, 0.05) is 39.3 Å². The van der Waals surface area contributed by atoms with Gasteiger partial charge in [0.15, 0.2) is 0 Å². The molecule has 1 saturated heterocycles. The van der Waals surface area contributed by atoms with Crippen molar-refractivity contribution in [3.05, 3.63) is 46.3 Å². The minimum absolute atomic E-state index is 0.100. The van der Waals surface area contributed by atoms with Crippen LogP contribution in [0.5, 0.6) is 0 Å². The first-order valence-corrected chi connectivity index (χ1v) is 11.2. The highest BCUT2D eigenvalue weighted by Gasteiger charge is 2.19. The molecule has 9 heteroatoms. The molecule has 170 valence electrons. The zero-order chi connectivity index (χ0) is 23.4. The summed E-state index contributed by atoms with van der Waals surface area (Å²) in [5.74, 6) is 0.354. The molecule has 7 nitrogen and oxygen atoms in total. The molecular formula is C22H31Cl2N5O2. The summed E-state index contributed by atoms with van der Waals surface area (Å²) >= 11 is 11.7. The molecule has 0 aromatic carbocycles. The molecule has 0 aliphatic carbocycles. The number of hydrogen-bond acceptors (Lipinski definition) is 5. The molecule has 3 heterocycles. The molecule has 1 N–H and O–H groups in total. The molecule has 0 saturated carbocycles. The van der Waals surface area contributed by atoms with Gasteiger partial charge in [0.1, 0.15) is 11.0 Å². The van der Waals surface area contributed by atoms with E-state index in [4.69, 9.17) is 23.2 Å². The molecule has 2 amide bonds. The minimum atomic E-state index is -0.217. The predicted octanol–water partition coefficient (Wildman–Crippen LogP) is 4.69. The van der Waals surface area contributed by atoms with Crippen molar-refractivity contribution in [3.8, 4) is 0 Å². The van der Waals surface area contributed by atoms with Gasteiger partial charge in [-0.3, -0.25) is 9.59 Å². The van der Waals surface area contributed by atoms with Crippen LogP contribution in [0, 0.1) is 0 Å². The Morgan fingerprint density at radius 1 is 1.00 bits per heavy atom. The lowest BCUT2D eigenvalue weighted by Gasteiger charge is -2.35. The Bertz CT molecular complexity index is 838.